The minimum Gasteiger partial charge on any atom is -0.505 e. The smallest absolute Gasteiger partial charge is 0.247 e. The van der Waals surface area contributed by atoms with Crippen LogP contribution in [0, 0.1) is 0 Å². The normalized spacial score (nSPS) is 12.0. The van der Waals surface area contributed by atoms with Gasteiger partial charge in [-0.1, -0.05) is 125 Å². The highest BCUT2D eigenvalue weighted by molar-refractivity contribution is 7.89. The predicted octanol–water partition coefficient (Wildman–Crippen LogP) is 8.54. The average molecular weight is 737 g/mol. The highest BCUT2D eigenvalue weighted by Crippen LogP contribution is 2.37. The summed E-state index contributed by atoms with van der Waals surface area (Å²) in [4.78, 5) is -0.522. The summed E-state index contributed by atoms with van der Waals surface area (Å²) in [7, 11) is -8.30. The van der Waals surface area contributed by atoms with E-state index < -0.39 is 30.7 Å². The number of nitrogens with zero attached hydrogens (tertiary/aromatic N) is 1. The molecule has 0 aliphatic heterocycles. The minimum atomic E-state index is -4.35. The average Bonchev–Trinajstić information content (AvgIpc) is 3.02. The molecular formula is C33H26Cl4N2O5S2. The van der Waals surface area contributed by atoms with E-state index >= 15 is 0 Å². The molecule has 0 aliphatic carbocycles. The fraction of sp³-hybridized carbons (Fsp3) is 0.0909. The van der Waals surface area contributed by atoms with Gasteiger partial charge in [-0.25, -0.2) is 21.6 Å². The molecule has 5 rings (SSSR count). The third-order valence-corrected chi connectivity index (χ3v) is 11.1. The SMILES string of the molecule is O=S(=O)(NCc1cccc(CN(Cc2ccc(-c3ccccc3)cc2)S(=O)(=O)c2cc(Cl)cc(Cl)c2O)c1)c1cc(Cl)cc(Cl)c1. The van der Waals surface area contributed by atoms with Gasteiger partial charge in [0, 0.05) is 34.7 Å². The first-order valence-corrected chi connectivity index (χ1v) is 18.1. The zero-order valence-electron chi connectivity index (χ0n) is 23.9. The number of halogens is 4. The predicted molar refractivity (Wildman–Crippen MR) is 183 cm³/mol. The molecule has 0 spiro atoms. The van der Waals surface area contributed by atoms with E-state index in [2.05, 4.69) is 4.72 Å². The van der Waals surface area contributed by atoms with E-state index in [0.29, 0.717) is 16.7 Å². The summed E-state index contributed by atoms with van der Waals surface area (Å²) in [5, 5.41) is 10.8. The van der Waals surface area contributed by atoms with Crippen molar-refractivity contribution < 1.29 is 21.9 Å². The summed E-state index contributed by atoms with van der Waals surface area (Å²) in [6.07, 6.45) is 0. The number of phenolic OH excluding ortho intramolecular Hbond substituents is 1. The number of hydrogen-bond donors (Lipinski definition) is 2. The third-order valence-electron chi connectivity index (χ3n) is 6.99. The number of rotatable bonds is 11. The fourth-order valence-electron chi connectivity index (χ4n) is 4.73. The van der Waals surface area contributed by atoms with Gasteiger partial charge in [-0.15, -0.1) is 0 Å². The van der Waals surface area contributed by atoms with E-state index in [-0.39, 0.29) is 44.6 Å². The van der Waals surface area contributed by atoms with Gasteiger partial charge >= 0.3 is 0 Å². The van der Waals surface area contributed by atoms with Gasteiger partial charge in [0.15, 0.2) is 5.75 Å². The second-order valence-electron chi connectivity index (χ2n) is 10.3. The monoisotopic (exact) mass is 734 g/mol. The van der Waals surface area contributed by atoms with Crippen LogP contribution in [0.4, 0.5) is 0 Å². The van der Waals surface area contributed by atoms with Gasteiger partial charge in [-0.05, 0) is 58.1 Å². The first-order chi connectivity index (χ1) is 21.8. The van der Waals surface area contributed by atoms with Crippen molar-refractivity contribution in [3.05, 3.63) is 146 Å². The molecule has 0 atom stereocenters. The number of sulfonamides is 2. The molecule has 0 aromatic heterocycles. The molecule has 5 aromatic carbocycles. The summed E-state index contributed by atoms with van der Waals surface area (Å²) < 4.78 is 57.6. The van der Waals surface area contributed by atoms with Gasteiger partial charge < -0.3 is 5.11 Å². The summed E-state index contributed by atoms with van der Waals surface area (Å²) >= 11 is 24.2. The van der Waals surface area contributed by atoms with Crippen molar-refractivity contribution in [2.24, 2.45) is 0 Å². The lowest BCUT2D eigenvalue weighted by Crippen LogP contribution is -2.30. The van der Waals surface area contributed by atoms with Crippen molar-refractivity contribution in [3.63, 3.8) is 0 Å². The van der Waals surface area contributed by atoms with E-state index in [1.54, 1.807) is 24.3 Å². The molecule has 238 valence electrons. The Kier molecular flexibility index (Phi) is 10.7. The lowest BCUT2D eigenvalue weighted by Gasteiger charge is -2.24. The molecule has 0 saturated carbocycles. The van der Waals surface area contributed by atoms with Crippen LogP contribution < -0.4 is 4.72 Å². The Morgan fingerprint density at radius 1 is 0.609 bits per heavy atom. The van der Waals surface area contributed by atoms with Gasteiger partial charge in [-0.3, -0.25) is 0 Å². The molecule has 7 nitrogen and oxygen atoms in total. The highest BCUT2D eigenvalue weighted by atomic mass is 35.5. The lowest BCUT2D eigenvalue weighted by atomic mass is 10.0. The van der Waals surface area contributed by atoms with E-state index in [4.69, 9.17) is 46.4 Å². The fourth-order valence-corrected chi connectivity index (χ4v) is 8.63. The van der Waals surface area contributed by atoms with Crippen molar-refractivity contribution >= 4 is 66.5 Å². The van der Waals surface area contributed by atoms with Gasteiger partial charge in [0.2, 0.25) is 20.0 Å². The molecule has 0 fully saturated rings. The standard InChI is InChI=1S/C33H26Cl4N2O5S2/c34-27-14-28(35)16-30(15-27)45(41,42)38-19-23-5-4-6-24(13-23)21-39(46(43,44)32-18-29(36)17-31(37)33(32)40)20-22-9-11-26(12-10-22)25-7-2-1-3-8-25/h1-18,38,40H,19-21H2. The van der Waals surface area contributed by atoms with Crippen molar-refractivity contribution in [1.29, 1.82) is 0 Å². The Morgan fingerprint density at radius 2 is 1.20 bits per heavy atom. The van der Waals surface area contributed by atoms with Crippen LogP contribution in [0.25, 0.3) is 11.1 Å². The Morgan fingerprint density at radius 3 is 1.87 bits per heavy atom. The molecule has 2 N–H and O–H groups in total. The summed E-state index contributed by atoms with van der Waals surface area (Å²) in [6.45, 7) is -0.247. The molecule has 0 radical (unpaired) electrons. The Bertz CT molecular complexity index is 2080. The highest BCUT2D eigenvalue weighted by Gasteiger charge is 2.30. The topological polar surface area (TPSA) is 104 Å². The van der Waals surface area contributed by atoms with Crippen LogP contribution in [0.3, 0.4) is 0 Å². The number of benzene rings is 5. The molecule has 0 bridgehead atoms. The zero-order valence-corrected chi connectivity index (χ0v) is 28.5. The van der Waals surface area contributed by atoms with Crippen molar-refractivity contribution in [1.82, 2.24) is 9.03 Å². The van der Waals surface area contributed by atoms with E-state index in [1.807, 2.05) is 54.6 Å². The number of aromatic hydroxyl groups is 1. The molecule has 0 unspecified atom stereocenters. The second-order valence-corrected chi connectivity index (χ2v) is 15.7. The maximum Gasteiger partial charge on any atom is 0.247 e. The maximum atomic E-state index is 14.0. The molecule has 0 saturated heterocycles. The van der Waals surface area contributed by atoms with Gasteiger partial charge in [-0.2, -0.15) is 4.31 Å². The first kappa shape index (κ1) is 34.2. The number of phenols is 1. The minimum absolute atomic E-state index is 0.0452. The van der Waals surface area contributed by atoms with Crippen LogP contribution in [0.5, 0.6) is 5.75 Å². The van der Waals surface area contributed by atoms with E-state index in [0.717, 1.165) is 17.2 Å². The van der Waals surface area contributed by atoms with Crippen LogP contribution >= 0.6 is 46.4 Å². The lowest BCUT2D eigenvalue weighted by molar-refractivity contribution is 0.394. The Labute approximate surface area is 288 Å². The third kappa shape index (κ3) is 8.23. The van der Waals surface area contributed by atoms with Gasteiger partial charge in [0.25, 0.3) is 0 Å². The summed E-state index contributed by atoms with van der Waals surface area (Å²) in [5.41, 5.74) is 3.82. The molecule has 0 amide bonds. The first-order valence-electron chi connectivity index (χ1n) is 13.7. The quantitative estimate of drug-likeness (QED) is 0.142. The molecule has 0 aliphatic rings. The molecule has 46 heavy (non-hydrogen) atoms. The number of nitrogens with one attached hydrogen (secondary N) is 1. The number of hydrogen-bond acceptors (Lipinski definition) is 5. The van der Waals surface area contributed by atoms with E-state index in [1.165, 1.54) is 28.6 Å². The van der Waals surface area contributed by atoms with Crippen LogP contribution in [0.2, 0.25) is 20.1 Å². The van der Waals surface area contributed by atoms with Crippen LogP contribution in [0.1, 0.15) is 16.7 Å². The molecular weight excluding hydrogens is 710 g/mol. The van der Waals surface area contributed by atoms with Crippen LogP contribution in [-0.2, 0) is 39.7 Å². The zero-order chi connectivity index (χ0) is 33.1. The van der Waals surface area contributed by atoms with Crippen LogP contribution in [-0.4, -0.2) is 26.2 Å². The molecule has 5 aromatic rings. The largest absolute Gasteiger partial charge is 0.505 e. The summed E-state index contributed by atoms with van der Waals surface area (Å²) in [5.74, 6) is -0.611. The maximum absolute atomic E-state index is 14.0. The van der Waals surface area contributed by atoms with Crippen molar-refractivity contribution in [3.8, 4) is 16.9 Å². The summed E-state index contributed by atoms with van der Waals surface area (Å²) in [6, 6.07) is 30.5. The van der Waals surface area contributed by atoms with Gasteiger partial charge in [0.05, 0.1) is 9.92 Å². The van der Waals surface area contributed by atoms with Crippen LogP contribution in [0.15, 0.2) is 119 Å². The van der Waals surface area contributed by atoms with Crippen molar-refractivity contribution in [2.45, 2.75) is 29.4 Å². The van der Waals surface area contributed by atoms with Crippen molar-refractivity contribution in [2.75, 3.05) is 0 Å². The molecule has 0 heterocycles. The van der Waals surface area contributed by atoms with E-state index in [9.17, 15) is 21.9 Å². The molecule has 13 heteroatoms. The second kappa shape index (κ2) is 14.3. The van der Waals surface area contributed by atoms with Gasteiger partial charge in [0.1, 0.15) is 4.90 Å². The Balaban J connectivity index is 1.43. The Hall–Kier alpha value is -3.12.